The number of nitrogens with two attached hydrogens (primary N) is 1. The van der Waals surface area contributed by atoms with E-state index in [-0.39, 0.29) is 11.1 Å². The van der Waals surface area contributed by atoms with Gasteiger partial charge in [-0.2, -0.15) is 0 Å². The summed E-state index contributed by atoms with van der Waals surface area (Å²) in [6.45, 7) is -0.395. The second-order valence-corrected chi connectivity index (χ2v) is 3.12. The van der Waals surface area contributed by atoms with E-state index in [1.54, 1.807) is 12.1 Å². The molecule has 1 aliphatic heterocycles. The molecule has 0 fully saturated rings. The lowest BCUT2D eigenvalue weighted by Crippen LogP contribution is -2.34. The largest absolute Gasteiger partial charge is 0.346 e. The van der Waals surface area contributed by atoms with Crippen LogP contribution in [0.5, 0.6) is 0 Å². The first-order valence-corrected chi connectivity index (χ1v) is 4.54. The van der Waals surface area contributed by atoms with Gasteiger partial charge in [-0.15, -0.1) is 0 Å². The summed E-state index contributed by atoms with van der Waals surface area (Å²) >= 11 is 0. The number of carbonyl (C=O) groups excluding carboxylic acids is 3. The number of imide groups is 1. The van der Waals surface area contributed by atoms with Crippen molar-refractivity contribution in [3.63, 3.8) is 0 Å². The first-order chi connectivity index (χ1) is 7.65. The molecule has 2 N–H and O–H groups in total. The summed E-state index contributed by atoms with van der Waals surface area (Å²) in [4.78, 5) is 38.7. The van der Waals surface area contributed by atoms with Gasteiger partial charge in [0.2, 0.25) is 0 Å². The molecule has 16 heavy (non-hydrogen) atoms. The van der Waals surface area contributed by atoms with E-state index >= 15 is 0 Å². The van der Waals surface area contributed by atoms with Crippen LogP contribution in [0.15, 0.2) is 24.3 Å². The number of hydrogen-bond donors (Lipinski definition) is 1. The lowest BCUT2D eigenvalue weighted by atomic mass is 10.1. The summed E-state index contributed by atoms with van der Waals surface area (Å²) in [6, 6.07) is 6.23. The van der Waals surface area contributed by atoms with Crippen molar-refractivity contribution in [3.8, 4) is 0 Å². The Kier molecular flexibility index (Phi) is 2.41. The van der Waals surface area contributed by atoms with Gasteiger partial charge in [0, 0.05) is 0 Å². The third-order valence-electron chi connectivity index (χ3n) is 2.12. The van der Waals surface area contributed by atoms with E-state index in [1.807, 2.05) is 0 Å². The van der Waals surface area contributed by atoms with Crippen molar-refractivity contribution in [2.45, 2.75) is 0 Å². The average Bonchev–Trinajstić information content (AvgIpc) is 2.55. The number of hydroxylamine groups is 2. The Morgan fingerprint density at radius 1 is 1.19 bits per heavy atom. The summed E-state index contributed by atoms with van der Waals surface area (Å²) in [5.74, 6) is -2.14. The first-order valence-electron chi connectivity index (χ1n) is 4.54. The molecule has 0 aromatic heterocycles. The summed E-state index contributed by atoms with van der Waals surface area (Å²) in [6.07, 6.45) is 0. The first kappa shape index (κ1) is 10.3. The van der Waals surface area contributed by atoms with Gasteiger partial charge in [-0.05, 0) is 12.1 Å². The van der Waals surface area contributed by atoms with Gasteiger partial charge >= 0.3 is 5.97 Å². The number of carbonyl (C=O) groups is 3. The molecule has 0 radical (unpaired) electrons. The third kappa shape index (κ3) is 1.45. The minimum atomic E-state index is -0.838. The van der Waals surface area contributed by atoms with E-state index in [1.165, 1.54) is 12.1 Å². The van der Waals surface area contributed by atoms with Gasteiger partial charge in [0.05, 0.1) is 17.7 Å². The third-order valence-corrected chi connectivity index (χ3v) is 2.12. The lowest BCUT2D eigenvalue weighted by Gasteiger charge is -2.11. The fourth-order valence-electron chi connectivity index (χ4n) is 1.39. The zero-order valence-electron chi connectivity index (χ0n) is 8.17. The highest BCUT2D eigenvalue weighted by molar-refractivity contribution is 6.20. The van der Waals surface area contributed by atoms with Gasteiger partial charge in [0.25, 0.3) is 11.8 Å². The quantitative estimate of drug-likeness (QED) is 0.691. The van der Waals surface area contributed by atoms with Crippen LogP contribution in [0.2, 0.25) is 0 Å². The van der Waals surface area contributed by atoms with Crippen LogP contribution in [0.25, 0.3) is 0 Å². The molecule has 1 aliphatic rings. The minimum Gasteiger partial charge on any atom is -0.328 e. The molecule has 0 aliphatic carbocycles. The Morgan fingerprint density at radius 2 is 1.69 bits per heavy atom. The molecule has 0 bridgehead atoms. The number of benzene rings is 1. The van der Waals surface area contributed by atoms with E-state index in [2.05, 4.69) is 4.84 Å². The van der Waals surface area contributed by atoms with E-state index in [0.29, 0.717) is 5.06 Å². The van der Waals surface area contributed by atoms with Crippen molar-refractivity contribution < 1.29 is 19.2 Å². The van der Waals surface area contributed by atoms with Gasteiger partial charge in [0.1, 0.15) is 0 Å². The molecule has 0 spiro atoms. The highest BCUT2D eigenvalue weighted by Crippen LogP contribution is 2.22. The highest BCUT2D eigenvalue weighted by Gasteiger charge is 2.38. The van der Waals surface area contributed by atoms with Gasteiger partial charge in [-0.1, -0.05) is 17.2 Å². The fourth-order valence-corrected chi connectivity index (χ4v) is 1.39. The molecule has 1 aromatic carbocycles. The van der Waals surface area contributed by atoms with Crippen LogP contribution in [0, 0.1) is 0 Å². The second kappa shape index (κ2) is 3.74. The zero-order valence-corrected chi connectivity index (χ0v) is 8.17. The van der Waals surface area contributed by atoms with Gasteiger partial charge < -0.3 is 10.6 Å². The normalized spacial score (nSPS) is 13.9. The van der Waals surface area contributed by atoms with Gasteiger partial charge in [-0.25, -0.2) is 4.79 Å². The zero-order chi connectivity index (χ0) is 11.7. The number of nitrogens with zero attached hydrogens (tertiary/aromatic N) is 1. The Labute approximate surface area is 90.5 Å². The van der Waals surface area contributed by atoms with Crippen LogP contribution in [-0.4, -0.2) is 29.4 Å². The number of rotatable bonds is 2. The SMILES string of the molecule is NCC(=O)ON1C(=O)c2ccccc2C1=O. The Balaban J connectivity index is 2.32. The Morgan fingerprint density at radius 3 is 2.12 bits per heavy atom. The van der Waals surface area contributed by atoms with Gasteiger partial charge in [-0.3, -0.25) is 9.59 Å². The number of amides is 2. The van der Waals surface area contributed by atoms with Crippen LogP contribution in [0.4, 0.5) is 0 Å². The predicted molar refractivity (Wildman–Crippen MR) is 52.1 cm³/mol. The maximum atomic E-state index is 11.6. The molecular formula is C10H8N2O4. The Bertz CT molecular complexity index is 448. The van der Waals surface area contributed by atoms with Crippen LogP contribution < -0.4 is 5.73 Å². The standard InChI is InChI=1S/C10H8N2O4/c11-5-8(13)16-12-9(14)6-3-1-2-4-7(6)10(12)15/h1-4H,5,11H2. The van der Waals surface area contributed by atoms with Crippen LogP contribution in [0.1, 0.15) is 20.7 Å². The second-order valence-electron chi connectivity index (χ2n) is 3.12. The molecule has 0 saturated heterocycles. The molecular weight excluding hydrogens is 212 g/mol. The summed E-state index contributed by atoms with van der Waals surface area (Å²) in [7, 11) is 0. The molecule has 0 unspecified atom stereocenters. The van der Waals surface area contributed by atoms with Crippen molar-refractivity contribution >= 4 is 17.8 Å². The fraction of sp³-hybridized carbons (Fsp3) is 0.100. The Hall–Kier alpha value is -2.21. The van der Waals surface area contributed by atoms with Crippen LogP contribution in [0.3, 0.4) is 0 Å². The molecule has 82 valence electrons. The molecule has 0 atom stereocenters. The molecule has 1 aromatic rings. The molecule has 0 saturated carbocycles. The predicted octanol–water partition coefficient (Wildman–Crippen LogP) is -0.300. The maximum absolute atomic E-state index is 11.6. The van der Waals surface area contributed by atoms with Gasteiger partial charge in [0.15, 0.2) is 0 Å². The maximum Gasteiger partial charge on any atom is 0.346 e. The van der Waals surface area contributed by atoms with Crippen molar-refractivity contribution in [3.05, 3.63) is 35.4 Å². The summed E-state index contributed by atoms with van der Waals surface area (Å²) in [5, 5.41) is 0.430. The number of hydrogen-bond acceptors (Lipinski definition) is 5. The number of fused-ring (bicyclic) bond motifs is 1. The van der Waals surface area contributed by atoms with Crippen molar-refractivity contribution in [1.82, 2.24) is 5.06 Å². The molecule has 2 rings (SSSR count). The van der Waals surface area contributed by atoms with Crippen LogP contribution in [-0.2, 0) is 9.63 Å². The molecule has 6 heteroatoms. The monoisotopic (exact) mass is 220 g/mol. The van der Waals surface area contributed by atoms with E-state index in [0.717, 1.165) is 0 Å². The van der Waals surface area contributed by atoms with E-state index in [9.17, 15) is 14.4 Å². The smallest absolute Gasteiger partial charge is 0.328 e. The highest BCUT2D eigenvalue weighted by atomic mass is 16.7. The van der Waals surface area contributed by atoms with Crippen molar-refractivity contribution in [1.29, 1.82) is 0 Å². The van der Waals surface area contributed by atoms with E-state index < -0.39 is 24.3 Å². The molecule has 2 amide bonds. The topological polar surface area (TPSA) is 89.7 Å². The van der Waals surface area contributed by atoms with Crippen LogP contribution >= 0.6 is 0 Å². The molecule has 6 nitrogen and oxygen atoms in total. The average molecular weight is 220 g/mol. The van der Waals surface area contributed by atoms with Crippen molar-refractivity contribution in [2.24, 2.45) is 5.73 Å². The van der Waals surface area contributed by atoms with Crippen molar-refractivity contribution in [2.75, 3.05) is 6.54 Å². The lowest BCUT2D eigenvalue weighted by molar-refractivity contribution is -0.166. The van der Waals surface area contributed by atoms with E-state index in [4.69, 9.17) is 5.73 Å². The summed E-state index contributed by atoms with van der Waals surface area (Å²) < 4.78 is 0. The minimum absolute atomic E-state index is 0.220. The molecule has 1 heterocycles. The summed E-state index contributed by atoms with van der Waals surface area (Å²) in [5.41, 5.74) is 5.46.